The van der Waals surface area contributed by atoms with Crippen LogP contribution in [0.3, 0.4) is 0 Å². The number of hydrogen-bond donors (Lipinski definition) is 2. The van der Waals surface area contributed by atoms with Crippen LogP contribution in [0.25, 0.3) is 0 Å². The molecule has 0 saturated heterocycles. The van der Waals surface area contributed by atoms with E-state index in [1.807, 2.05) is 0 Å². The molecule has 1 fully saturated rings. The molecule has 1 rings (SSSR count). The minimum atomic E-state index is -5.34. The average Bonchev–Trinajstić information content (AvgIpc) is 2.46. The van der Waals surface area contributed by atoms with Gasteiger partial charge in [-0.25, -0.2) is 4.79 Å². The number of amides is 1. The Morgan fingerprint density at radius 2 is 1.74 bits per heavy atom. The van der Waals surface area contributed by atoms with Gasteiger partial charge in [0.2, 0.25) is 0 Å². The van der Waals surface area contributed by atoms with Crippen molar-refractivity contribution in [2.24, 2.45) is 0 Å². The largest absolute Gasteiger partial charge is 0.450 e. The zero-order chi connectivity index (χ0) is 17.3. The number of ether oxygens (including phenoxy) is 1. The quantitative estimate of drug-likeness (QED) is 0.487. The summed E-state index contributed by atoms with van der Waals surface area (Å²) in [4.78, 5) is 11.5. The maximum atomic E-state index is 12.9. The van der Waals surface area contributed by atoms with Crippen molar-refractivity contribution in [3.8, 4) is 0 Å². The number of alkyl carbamates (subject to hydrolysis) is 1. The van der Waals surface area contributed by atoms with Gasteiger partial charge in [0.25, 0.3) is 0 Å². The first-order valence-corrected chi connectivity index (χ1v) is 9.44. The third kappa shape index (κ3) is 7.92. The molecule has 0 atom stereocenters. The zero-order valence-corrected chi connectivity index (χ0v) is 13.9. The summed E-state index contributed by atoms with van der Waals surface area (Å²) in [7, 11) is -5.34. The third-order valence-electron chi connectivity index (χ3n) is 3.90. The summed E-state index contributed by atoms with van der Waals surface area (Å²) in [5, 5.41) is -1.29. The molecule has 2 N–H and O–H groups in total. The predicted molar refractivity (Wildman–Crippen MR) is 80.9 cm³/mol. The number of halogens is 2. The highest BCUT2D eigenvalue weighted by molar-refractivity contribution is 7.86. The molecule has 0 aromatic rings. The van der Waals surface area contributed by atoms with Gasteiger partial charge in [0.05, 0.1) is 6.61 Å². The van der Waals surface area contributed by atoms with Crippen molar-refractivity contribution >= 4 is 16.2 Å². The van der Waals surface area contributed by atoms with E-state index in [0.717, 1.165) is 25.7 Å². The van der Waals surface area contributed by atoms with Crippen LogP contribution in [-0.2, 0) is 14.9 Å². The summed E-state index contributed by atoms with van der Waals surface area (Å²) < 4.78 is 60.0. The van der Waals surface area contributed by atoms with Crippen LogP contribution < -0.4 is 5.32 Å². The van der Waals surface area contributed by atoms with Crippen molar-refractivity contribution in [3.63, 3.8) is 0 Å². The summed E-state index contributed by atoms with van der Waals surface area (Å²) in [5.41, 5.74) is 0. The molecule has 9 heteroatoms. The summed E-state index contributed by atoms with van der Waals surface area (Å²) in [6.07, 6.45) is 5.41. The fourth-order valence-electron chi connectivity index (χ4n) is 2.54. The maximum absolute atomic E-state index is 12.9. The third-order valence-corrected chi connectivity index (χ3v) is 4.86. The van der Waals surface area contributed by atoms with E-state index < -0.39 is 27.9 Å². The SMILES string of the molecule is O=C(NC1CCCCC1)OCCCCCCC(F)(F)S(=O)(=O)O. The number of alkyl halides is 2. The number of carbonyl (C=O) groups is 1. The van der Waals surface area contributed by atoms with Crippen LogP contribution in [0.2, 0.25) is 0 Å². The van der Waals surface area contributed by atoms with Crippen molar-refractivity contribution in [2.75, 3.05) is 6.61 Å². The lowest BCUT2D eigenvalue weighted by atomic mass is 9.96. The molecule has 1 amide bonds. The Balaban J connectivity index is 2.02. The minimum absolute atomic E-state index is 0.0267. The second-order valence-electron chi connectivity index (χ2n) is 5.89. The first-order chi connectivity index (χ1) is 10.7. The van der Waals surface area contributed by atoms with Crippen molar-refractivity contribution in [3.05, 3.63) is 0 Å². The summed E-state index contributed by atoms with van der Waals surface area (Å²) >= 11 is 0. The number of hydrogen-bond acceptors (Lipinski definition) is 4. The highest BCUT2D eigenvalue weighted by Gasteiger charge is 2.42. The molecule has 136 valence electrons. The van der Waals surface area contributed by atoms with Crippen LogP contribution >= 0.6 is 0 Å². The lowest BCUT2D eigenvalue weighted by Gasteiger charge is -2.22. The highest BCUT2D eigenvalue weighted by Crippen LogP contribution is 2.27. The van der Waals surface area contributed by atoms with E-state index in [2.05, 4.69) is 5.32 Å². The van der Waals surface area contributed by atoms with Crippen LogP contribution in [0, 0.1) is 0 Å². The second kappa shape index (κ2) is 9.36. The lowest BCUT2D eigenvalue weighted by molar-refractivity contribution is 0.0681. The molecule has 1 aliphatic rings. The van der Waals surface area contributed by atoms with E-state index >= 15 is 0 Å². The van der Waals surface area contributed by atoms with Crippen molar-refractivity contribution < 1.29 is 31.3 Å². The van der Waals surface area contributed by atoms with Gasteiger partial charge in [-0.15, -0.1) is 0 Å². The number of carbonyl (C=O) groups excluding carboxylic acids is 1. The monoisotopic (exact) mass is 357 g/mol. The molecular formula is C14H25F2NO5S. The van der Waals surface area contributed by atoms with E-state index in [9.17, 15) is 22.0 Å². The Kier molecular flexibility index (Phi) is 8.18. The molecule has 1 aliphatic carbocycles. The highest BCUT2D eigenvalue weighted by atomic mass is 32.2. The molecule has 23 heavy (non-hydrogen) atoms. The van der Waals surface area contributed by atoms with Gasteiger partial charge in [-0.2, -0.15) is 17.2 Å². The van der Waals surface area contributed by atoms with E-state index in [4.69, 9.17) is 9.29 Å². The molecule has 0 aliphatic heterocycles. The summed E-state index contributed by atoms with van der Waals surface area (Å²) in [5.74, 6) is 0. The fraction of sp³-hybridized carbons (Fsp3) is 0.929. The Labute approximate surface area is 135 Å². The molecule has 0 unspecified atom stereocenters. The Morgan fingerprint density at radius 1 is 1.13 bits per heavy atom. The normalized spacial score (nSPS) is 17.0. The predicted octanol–water partition coefficient (Wildman–Crippen LogP) is 3.48. The zero-order valence-electron chi connectivity index (χ0n) is 13.1. The van der Waals surface area contributed by atoms with Gasteiger partial charge < -0.3 is 10.1 Å². The van der Waals surface area contributed by atoms with Crippen LogP contribution in [0.15, 0.2) is 0 Å². The van der Waals surface area contributed by atoms with Crippen molar-refractivity contribution in [2.45, 2.75) is 75.5 Å². The van der Waals surface area contributed by atoms with Crippen LogP contribution in [0.1, 0.15) is 64.2 Å². The summed E-state index contributed by atoms with van der Waals surface area (Å²) in [6.45, 7) is 0.202. The van der Waals surface area contributed by atoms with Gasteiger partial charge in [0, 0.05) is 12.5 Å². The Hall–Kier alpha value is -0.960. The smallest absolute Gasteiger partial charge is 0.407 e. The molecule has 1 saturated carbocycles. The van der Waals surface area contributed by atoms with Gasteiger partial charge in [-0.1, -0.05) is 32.1 Å². The Morgan fingerprint density at radius 3 is 2.35 bits per heavy atom. The number of rotatable bonds is 9. The van der Waals surface area contributed by atoms with Gasteiger partial charge >= 0.3 is 21.5 Å². The first-order valence-electron chi connectivity index (χ1n) is 8.00. The molecule has 0 radical (unpaired) electrons. The average molecular weight is 357 g/mol. The number of nitrogens with one attached hydrogen (secondary N) is 1. The second-order valence-corrected chi connectivity index (χ2v) is 7.44. The van der Waals surface area contributed by atoms with E-state index in [-0.39, 0.29) is 19.1 Å². The van der Waals surface area contributed by atoms with Crippen LogP contribution in [-0.4, -0.2) is 37.0 Å². The van der Waals surface area contributed by atoms with Gasteiger partial charge in [0.15, 0.2) is 0 Å². The van der Waals surface area contributed by atoms with Gasteiger partial charge in [-0.3, -0.25) is 4.55 Å². The van der Waals surface area contributed by atoms with Gasteiger partial charge in [-0.05, 0) is 25.7 Å². The van der Waals surface area contributed by atoms with Crippen LogP contribution in [0.5, 0.6) is 0 Å². The molecule has 0 aromatic carbocycles. The van der Waals surface area contributed by atoms with E-state index in [1.165, 1.54) is 6.42 Å². The number of unbranched alkanes of at least 4 members (excludes halogenated alkanes) is 3. The molecule has 0 bridgehead atoms. The topological polar surface area (TPSA) is 92.7 Å². The standard InChI is InChI=1S/C14H25F2NO5S/c15-14(16,23(19,20)21)10-6-1-2-7-11-22-13(18)17-12-8-4-3-5-9-12/h12H,1-11H2,(H,17,18)(H,19,20,21). The van der Waals surface area contributed by atoms with Gasteiger partial charge in [0.1, 0.15) is 0 Å². The minimum Gasteiger partial charge on any atom is -0.450 e. The molecule has 0 spiro atoms. The lowest BCUT2D eigenvalue weighted by Crippen LogP contribution is -2.36. The Bertz CT molecular complexity index is 464. The van der Waals surface area contributed by atoms with Crippen LogP contribution in [0.4, 0.5) is 13.6 Å². The first kappa shape index (κ1) is 20.1. The molecule has 0 heterocycles. The van der Waals surface area contributed by atoms with E-state index in [1.54, 1.807) is 0 Å². The van der Waals surface area contributed by atoms with E-state index in [0.29, 0.717) is 19.3 Å². The fourth-order valence-corrected chi connectivity index (χ4v) is 2.94. The summed E-state index contributed by atoms with van der Waals surface area (Å²) in [6, 6.07) is 0.180. The molecular weight excluding hydrogens is 332 g/mol. The maximum Gasteiger partial charge on any atom is 0.407 e. The molecule has 6 nitrogen and oxygen atoms in total. The molecule has 0 aromatic heterocycles. The van der Waals surface area contributed by atoms with Crippen molar-refractivity contribution in [1.29, 1.82) is 0 Å². The van der Waals surface area contributed by atoms with Crippen molar-refractivity contribution in [1.82, 2.24) is 5.32 Å².